The Labute approximate surface area is 144 Å². The number of carbonyl (C=O) groups is 1. The van der Waals surface area contributed by atoms with Gasteiger partial charge < -0.3 is 10.1 Å². The van der Waals surface area contributed by atoms with E-state index >= 15 is 0 Å². The molecular weight excluding hydrogens is 324 g/mol. The Morgan fingerprint density at radius 1 is 1.25 bits per heavy atom. The monoisotopic (exact) mass is 342 g/mol. The van der Waals surface area contributed by atoms with Gasteiger partial charge in [-0.3, -0.25) is 9.20 Å². The minimum atomic E-state index is -0.285. The Morgan fingerprint density at radius 2 is 2.04 bits per heavy atom. The third kappa shape index (κ3) is 3.51. The fourth-order valence-electron chi connectivity index (χ4n) is 2.29. The summed E-state index contributed by atoms with van der Waals surface area (Å²) in [6.45, 7) is 2.28. The zero-order valence-electron chi connectivity index (χ0n) is 13.5. The number of hydrogen-bond acceptors (Lipinski definition) is 5. The maximum atomic E-state index is 12.3. The van der Waals surface area contributed by atoms with Crippen molar-refractivity contribution in [1.82, 2.24) is 19.9 Å². The smallest absolute Gasteiger partial charge is 0.233 e. The van der Waals surface area contributed by atoms with E-state index in [0.29, 0.717) is 11.7 Å². The van der Waals surface area contributed by atoms with Gasteiger partial charge in [0.05, 0.1) is 12.4 Å². The number of thioether (sulfide) groups is 1. The second kappa shape index (κ2) is 7.35. The van der Waals surface area contributed by atoms with Gasteiger partial charge in [0.2, 0.25) is 5.91 Å². The molecule has 0 fully saturated rings. The molecule has 0 saturated heterocycles. The molecule has 1 aromatic carbocycles. The average molecular weight is 342 g/mol. The van der Waals surface area contributed by atoms with E-state index in [1.807, 2.05) is 60.0 Å². The molecule has 2 aromatic heterocycles. The average Bonchev–Trinajstić information content (AvgIpc) is 3.03. The molecule has 24 heavy (non-hydrogen) atoms. The molecule has 0 aliphatic carbocycles. The molecule has 0 aliphatic heterocycles. The van der Waals surface area contributed by atoms with Crippen molar-refractivity contribution < 1.29 is 9.53 Å². The van der Waals surface area contributed by atoms with Gasteiger partial charge in [0, 0.05) is 18.3 Å². The molecule has 2 heterocycles. The van der Waals surface area contributed by atoms with E-state index in [4.69, 9.17) is 4.74 Å². The number of nitrogens with zero attached hydrogens (tertiary/aromatic N) is 3. The summed E-state index contributed by atoms with van der Waals surface area (Å²) in [6, 6.07) is 13.3. The minimum absolute atomic E-state index is 0.0569. The van der Waals surface area contributed by atoms with E-state index in [0.717, 1.165) is 17.0 Å². The van der Waals surface area contributed by atoms with Gasteiger partial charge in [0.15, 0.2) is 10.8 Å². The van der Waals surface area contributed by atoms with E-state index in [1.165, 1.54) is 11.8 Å². The van der Waals surface area contributed by atoms with Gasteiger partial charge in [-0.05, 0) is 25.1 Å². The molecule has 3 aromatic rings. The number of hydrogen-bond donors (Lipinski definition) is 1. The topological polar surface area (TPSA) is 68.5 Å². The number of fused-ring (bicyclic) bond motifs is 1. The minimum Gasteiger partial charge on any atom is -0.496 e. The molecule has 3 rings (SSSR count). The number of rotatable bonds is 6. The summed E-state index contributed by atoms with van der Waals surface area (Å²) in [5, 5.41) is 11.6. The summed E-state index contributed by atoms with van der Waals surface area (Å²) in [5.41, 5.74) is 1.71. The van der Waals surface area contributed by atoms with Crippen molar-refractivity contribution in [1.29, 1.82) is 0 Å². The third-order valence-corrected chi connectivity index (χ3v) is 4.64. The number of benzene rings is 1. The van der Waals surface area contributed by atoms with Crippen LogP contribution in [0.5, 0.6) is 5.75 Å². The maximum absolute atomic E-state index is 12.3. The van der Waals surface area contributed by atoms with Crippen LogP contribution < -0.4 is 10.1 Å². The van der Waals surface area contributed by atoms with E-state index < -0.39 is 0 Å². The predicted molar refractivity (Wildman–Crippen MR) is 93.1 cm³/mol. The molecule has 1 amide bonds. The SMILES string of the molecule is COc1ccccc1CNC(=O)[C@H](C)Sc1nnc2ccccn12. The molecule has 1 N–H and O–H groups in total. The van der Waals surface area contributed by atoms with Crippen LogP contribution >= 0.6 is 11.8 Å². The molecule has 0 bridgehead atoms. The second-order valence-electron chi connectivity index (χ2n) is 5.20. The highest BCUT2D eigenvalue weighted by Crippen LogP contribution is 2.22. The van der Waals surface area contributed by atoms with Crippen LogP contribution in [0.1, 0.15) is 12.5 Å². The van der Waals surface area contributed by atoms with Gasteiger partial charge in [-0.1, -0.05) is 36.0 Å². The zero-order valence-corrected chi connectivity index (χ0v) is 14.3. The Hall–Kier alpha value is -2.54. The number of ether oxygens (including phenoxy) is 1. The molecule has 0 saturated carbocycles. The van der Waals surface area contributed by atoms with E-state index in [1.54, 1.807) is 7.11 Å². The largest absolute Gasteiger partial charge is 0.496 e. The van der Waals surface area contributed by atoms with Crippen molar-refractivity contribution >= 4 is 23.3 Å². The Bertz CT molecular complexity index is 849. The summed E-state index contributed by atoms with van der Waals surface area (Å²) in [7, 11) is 1.62. The lowest BCUT2D eigenvalue weighted by Crippen LogP contribution is -2.30. The molecule has 0 spiro atoms. The van der Waals surface area contributed by atoms with Gasteiger partial charge in [-0.15, -0.1) is 10.2 Å². The maximum Gasteiger partial charge on any atom is 0.233 e. The fraction of sp³-hybridized carbons (Fsp3) is 0.235. The van der Waals surface area contributed by atoms with Crippen molar-refractivity contribution in [2.24, 2.45) is 0 Å². The first-order chi connectivity index (χ1) is 11.7. The highest BCUT2D eigenvalue weighted by molar-refractivity contribution is 8.00. The van der Waals surface area contributed by atoms with Crippen molar-refractivity contribution in [2.75, 3.05) is 7.11 Å². The summed E-state index contributed by atoms with van der Waals surface area (Å²) in [4.78, 5) is 12.3. The van der Waals surface area contributed by atoms with Crippen LogP contribution in [0, 0.1) is 0 Å². The molecule has 1 atom stereocenters. The number of para-hydroxylation sites is 1. The number of pyridine rings is 1. The number of nitrogens with one attached hydrogen (secondary N) is 1. The van der Waals surface area contributed by atoms with E-state index in [-0.39, 0.29) is 11.2 Å². The standard InChI is InChI=1S/C17H18N4O2S/c1-12(24-17-20-19-15-9-5-6-10-21(15)17)16(22)18-11-13-7-3-4-8-14(13)23-2/h3-10,12H,11H2,1-2H3,(H,18,22)/t12-/m0/s1. The first-order valence-corrected chi connectivity index (χ1v) is 8.43. The van der Waals surface area contributed by atoms with Gasteiger partial charge in [0.1, 0.15) is 5.75 Å². The van der Waals surface area contributed by atoms with Gasteiger partial charge in [-0.2, -0.15) is 0 Å². The summed E-state index contributed by atoms with van der Waals surface area (Å²) < 4.78 is 7.16. The van der Waals surface area contributed by atoms with E-state index in [9.17, 15) is 4.79 Å². The van der Waals surface area contributed by atoms with Crippen molar-refractivity contribution in [3.05, 3.63) is 54.2 Å². The van der Waals surface area contributed by atoms with Crippen LogP contribution in [0.25, 0.3) is 5.65 Å². The summed E-state index contributed by atoms with van der Waals surface area (Å²) in [6.07, 6.45) is 1.89. The van der Waals surface area contributed by atoms with Gasteiger partial charge in [-0.25, -0.2) is 0 Å². The number of carbonyl (C=O) groups excluding carboxylic acids is 1. The van der Waals surface area contributed by atoms with Crippen LogP contribution in [-0.2, 0) is 11.3 Å². The quantitative estimate of drug-likeness (QED) is 0.697. The molecule has 0 aliphatic rings. The molecule has 0 radical (unpaired) electrons. The zero-order chi connectivity index (χ0) is 16.9. The molecular formula is C17H18N4O2S. The Balaban J connectivity index is 1.63. The third-order valence-electron chi connectivity index (χ3n) is 3.58. The predicted octanol–water partition coefficient (Wildman–Crippen LogP) is 2.53. The molecule has 124 valence electrons. The normalized spacial score (nSPS) is 12.1. The fourth-order valence-corrected chi connectivity index (χ4v) is 3.15. The lowest BCUT2D eigenvalue weighted by atomic mass is 10.2. The molecule has 6 nitrogen and oxygen atoms in total. The van der Waals surface area contributed by atoms with Crippen LogP contribution in [0.4, 0.5) is 0 Å². The van der Waals surface area contributed by atoms with Crippen LogP contribution in [0.2, 0.25) is 0 Å². The number of amides is 1. The first-order valence-electron chi connectivity index (χ1n) is 7.55. The van der Waals surface area contributed by atoms with Crippen molar-refractivity contribution in [3.63, 3.8) is 0 Å². The molecule has 7 heteroatoms. The summed E-state index contributed by atoms with van der Waals surface area (Å²) >= 11 is 1.38. The van der Waals surface area contributed by atoms with Crippen molar-refractivity contribution in [3.8, 4) is 5.75 Å². The molecule has 0 unspecified atom stereocenters. The highest BCUT2D eigenvalue weighted by Gasteiger charge is 2.18. The second-order valence-corrected chi connectivity index (χ2v) is 6.51. The number of aromatic nitrogens is 3. The first kappa shape index (κ1) is 16.3. The van der Waals surface area contributed by atoms with Crippen LogP contribution in [0.15, 0.2) is 53.8 Å². The van der Waals surface area contributed by atoms with Crippen LogP contribution in [0.3, 0.4) is 0 Å². The van der Waals surface area contributed by atoms with Crippen molar-refractivity contribution in [2.45, 2.75) is 23.9 Å². The Kier molecular flexibility index (Phi) is 5.00. The Morgan fingerprint density at radius 3 is 2.88 bits per heavy atom. The van der Waals surface area contributed by atoms with Crippen LogP contribution in [-0.4, -0.2) is 32.9 Å². The van der Waals surface area contributed by atoms with E-state index in [2.05, 4.69) is 15.5 Å². The van der Waals surface area contributed by atoms with Gasteiger partial charge >= 0.3 is 0 Å². The number of methoxy groups -OCH3 is 1. The summed E-state index contributed by atoms with van der Waals surface area (Å²) in [5.74, 6) is 0.708. The lowest BCUT2D eigenvalue weighted by Gasteiger charge is -2.12. The van der Waals surface area contributed by atoms with Gasteiger partial charge in [0.25, 0.3) is 0 Å². The highest BCUT2D eigenvalue weighted by atomic mass is 32.2. The lowest BCUT2D eigenvalue weighted by molar-refractivity contribution is -0.120.